The van der Waals surface area contributed by atoms with E-state index in [0.29, 0.717) is 6.42 Å². The van der Waals surface area contributed by atoms with Gasteiger partial charge in [-0.25, -0.2) is 0 Å². The topological polar surface area (TPSA) is 56.0 Å². The monoisotopic (exact) mass is 284 g/mol. The Bertz CT molecular complexity index is 416. The van der Waals surface area contributed by atoms with Gasteiger partial charge in [0.1, 0.15) is 0 Å². The standard InChI is InChI=1S/C11H13BrN2O2/c1-8(2)3-11(14(15)16)5-9-4-10(12)7-13-6-9/h4-8H,3H2,1-2H3/b11-5-. The maximum atomic E-state index is 10.8. The van der Waals surface area contributed by atoms with E-state index in [9.17, 15) is 10.1 Å². The van der Waals surface area contributed by atoms with Crippen LogP contribution in [0, 0.1) is 16.0 Å². The Kier molecular flexibility index (Phi) is 4.61. The molecule has 4 nitrogen and oxygen atoms in total. The first kappa shape index (κ1) is 12.8. The van der Waals surface area contributed by atoms with Crippen LogP contribution >= 0.6 is 15.9 Å². The third kappa shape index (κ3) is 4.10. The van der Waals surface area contributed by atoms with Crippen LogP contribution in [0.15, 0.2) is 28.6 Å². The fourth-order valence-electron chi connectivity index (χ4n) is 1.30. The highest BCUT2D eigenvalue weighted by molar-refractivity contribution is 9.10. The van der Waals surface area contributed by atoms with Crippen molar-refractivity contribution in [2.75, 3.05) is 0 Å². The van der Waals surface area contributed by atoms with E-state index in [4.69, 9.17) is 0 Å². The molecular weight excluding hydrogens is 272 g/mol. The lowest BCUT2D eigenvalue weighted by atomic mass is 10.1. The zero-order valence-electron chi connectivity index (χ0n) is 9.18. The predicted molar refractivity (Wildman–Crippen MR) is 66.4 cm³/mol. The maximum absolute atomic E-state index is 10.8. The molecule has 5 heteroatoms. The minimum atomic E-state index is -0.332. The summed E-state index contributed by atoms with van der Waals surface area (Å²) in [5.74, 6) is 0.261. The molecule has 0 bridgehead atoms. The number of rotatable bonds is 4. The molecule has 0 spiro atoms. The van der Waals surface area contributed by atoms with Crippen LogP contribution in [0.1, 0.15) is 25.8 Å². The minimum Gasteiger partial charge on any atom is -0.263 e. The molecule has 0 aliphatic carbocycles. The summed E-state index contributed by atoms with van der Waals surface area (Å²) in [5.41, 5.74) is 0.955. The molecule has 0 fully saturated rings. The number of aromatic nitrogens is 1. The van der Waals surface area contributed by atoms with Crippen molar-refractivity contribution in [1.29, 1.82) is 0 Å². The molecule has 0 radical (unpaired) electrons. The zero-order valence-corrected chi connectivity index (χ0v) is 10.8. The number of hydrogen-bond donors (Lipinski definition) is 0. The Morgan fingerprint density at radius 2 is 2.31 bits per heavy atom. The molecule has 0 saturated heterocycles. The fourth-order valence-corrected chi connectivity index (χ4v) is 1.69. The number of pyridine rings is 1. The molecule has 0 aliphatic heterocycles. The van der Waals surface area contributed by atoms with Crippen molar-refractivity contribution in [3.63, 3.8) is 0 Å². The third-order valence-corrected chi connectivity index (χ3v) is 2.34. The van der Waals surface area contributed by atoms with Crippen LogP contribution in [-0.2, 0) is 0 Å². The summed E-state index contributed by atoms with van der Waals surface area (Å²) < 4.78 is 0.813. The Morgan fingerprint density at radius 1 is 1.62 bits per heavy atom. The normalized spacial score (nSPS) is 11.9. The second-order valence-corrected chi connectivity index (χ2v) is 4.84. The van der Waals surface area contributed by atoms with Crippen LogP contribution in [-0.4, -0.2) is 9.91 Å². The molecule has 0 unspecified atom stereocenters. The molecule has 0 aliphatic rings. The van der Waals surface area contributed by atoms with E-state index < -0.39 is 0 Å². The second kappa shape index (κ2) is 5.75. The second-order valence-electron chi connectivity index (χ2n) is 3.93. The lowest BCUT2D eigenvalue weighted by Crippen LogP contribution is -2.02. The van der Waals surface area contributed by atoms with Gasteiger partial charge in [-0.1, -0.05) is 13.8 Å². The first-order chi connectivity index (χ1) is 7.49. The number of nitro groups is 1. The summed E-state index contributed by atoms with van der Waals surface area (Å²) in [6, 6.07) is 1.80. The lowest BCUT2D eigenvalue weighted by Gasteiger charge is -2.02. The van der Waals surface area contributed by atoms with Crippen LogP contribution in [0.2, 0.25) is 0 Å². The average molecular weight is 285 g/mol. The van der Waals surface area contributed by atoms with Crippen molar-refractivity contribution in [3.8, 4) is 0 Å². The molecule has 86 valence electrons. The third-order valence-electron chi connectivity index (χ3n) is 1.91. The fraction of sp³-hybridized carbons (Fsp3) is 0.364. The van der Waals surface area contributed by atoms with Crippen molar-refractivity contribution >= 4 is 22.0 Å². The van der Waals surface area contributed by atoms with Gasteiger partial charge in [-0.3, -0.25) is 15.1 Å². The molecule has 16 heavy (non-hydrogen) atoms. The smallest absolute Gasteiger partial charge is 0.247 e. The van der Waals surface area contributed by atoms with Gasteiger partial charge in [0.15, 0.2) is 0 Å². The molecule has 1 aromatic rings. The van der Waals surface area contributed by atoms with Crippen LogP contribution in [0.3, 0.4) is 0 Å². The van der Waals surface area contributed by atoms with Crippen LogP contribution < -0.4 is 0 Å². The van der Waals surface area contributed by atoms with Crippen molar-refractivity contribution in [2.45, 2.75) is 20.3 Å². The van der Waals surface area contributed by atoms with Gasteiger partial charge in [0.05, 0.1) is 4.92 Å². The Morgan fingerprint density at radius 3 is 2.81 bits per heavy atom. The summed E-state index contributed by atoms with van der Waals surface area (Å²) in [6.45, 7) is 3.91. The predicted octanol–water partition coefficient (Wildman–Crippen LogP) is 3.51. The number of hydrogen-bond acceptors (Lipinski definition) is 3. The van der Waals surface area contributed by atoms with Gasteiger partial charge in [0.25, 0.3) is 0 Å². The molecule has 0 saturated carbocycles. The van der Waals surface area contributed by atoms with E-state index in [1.807, 2.05) is 13.8 Å². The summed E-state index contributed by atoms with van der Waals surface area (Å²) in [5, 5.41) is 10.8. The highest BCUT2D eigenvalue weighted by Crippen LogP contribution is 2.17. The van der Waals surface area contributed by atoms with Gasteiger partial charge in [-0.15, -0.1) is 0 Å². The Labute approximate surface area is 103 Å². The van der Waals surface area contributed by atoms with Crippen molar-refractivity contribution in [3.05, 3.63) is 44.3 Å². The molecule has 0 amide bonds. The highest BCUT2D eigenvalue weighted by Gasteiger charge is 2.12. The minimum absolute atomic E-state index is 0.218. The van der Waals surface area contributed by atoms with Crippen molar-refractivity contribution < 1.29 is 4.92 Å². The van der Waals surface area contributed by atoms with Gasteiger partial charge in [0.2, 0.25) is 5.70 Å². The molecular formula is C11H13BrN2O2. The SMILES string of the molecule is CC(C)C/C(=C/c1cncc(Br)c1)[N+](=O)[O-]. The molecule has 1 aromatic heterocycles. The van der Waals surface area contributed by atoms with Gasteiger partial charge >= 0.3 is 0 Å². The maximum Gasteiger partial charge on any atom is 0.247 e. The van der Waals surface area contributed by atoms with Crippen molar-refractivity contribution in [2.24, 2.45) is 5.92 Å². The summed E-state index contributed by atoms with van der Waals surface area (Å²) >= 11 is 3.28. The summed E-state index contributed by atoms with van der Waals surface area (Å²) in [7, 11) is 0. The van der Waals surface area contributed by atoms with E-state index in [1.165, 1.54) is 0 Å². The molecule has 1 rings (SSSR count). The van der Waals surface area contributed by atoms with Crippen molar-refractivity contribution in [1.82, 2.24) is 4.98 Å². The summed E-state index contributed by atoms with van der Waals surface area (Å²) in [4.78, 5) is 14.5. The van der Waals surface area contributed by atoms with E-state index in [2.05, 4.69) is 20.9 Å². The Hall–Kier alpha value is -1.23. The quantitative estimate of drug-likeness (QED) is 0.628. The van der Waals surface area contributed by atoms with Crippen LogP contribution in [0.5, 0.6) is 0 Å². The first-order valence-corrected chi connectivity index (χ1v) is 5.74. The van der Waals surface area contributed by atoms with Gasteiger partial charge in [-0.05, 0) is 27.9 Å². The number of nitrogens with zero attached hydrogens (tertiary/aromatic N) is 2. The highest BCUT2D eigenvalue weighted by atomic mass is 79.9. The summed E-state index contributed by atoms with van der Waals surface area (Å²) in [6.07, 6.45) is 5.28. The molecule has 1 heterocycles. The Balaban J connectivity index is 2.97. The molecule has 0 atom stereocenters. The van der Waals surface area contributed by atoms with E-state index in [0.717, 1.165) is 10.0 Å². The van der Waals surface area contributed by atoms with Crippen LogP contribution in [0.4, 0.5) is 0 Å². The van der Waals surface area contributed by atoms with Crippen LogP contribution in [0.25, 0.3) is 6.08 Å². The largest absolute Gasteiger partial charge is 0.263 e. The van der Waals surface area contributed by atoms with Gasteiger partial charge in [-0.2, -0.15) is 0 Å². The lowest BCUT2D eigenvalue weighted by molar-refractivity contribution is -0.427. The molecule has 0 aromatic carbocycles. The van der Waals surface area contributed by atoms with E-state index in [-0.39, 0.29) is 16.5 Å². The first-order valence-electron chi connectivity index (χ1n) is 4.94. The van der Waals surface area contributed by atoms with E-state index >= 15 is 0 Å². The van der Waals surface area contributed by atoms with Gasteiger partial charge < -0.3 is 0 Å². The number of allylic oxidation sites excluding steroid dienone is 1. The van der Waals surface area contributed by atoms with Gasteiger partial charge in [0, 0.05) is 34.9 Å². The zero-order chi connectivity index (χ0) is 12.1. The van der Waals surface area contributed by atoms with E-state index in [1.54, 1.807) is 24.5 Å². The molecule has 0 N–H and O–H groups in total. The average Bonchev–Trinajstić information content (AvgIpc) is 2.15. The number of halogens is 1.